The molecule has 0 nitrogen and oxygen atoms in total. The van der Waals surface area contributed by atoms with Crippen molar-refractivity contribution in [2.75, 3.05) is 0 Å². The Hall–Kier alpha value is -0.780. The van der Waals surface area contributed by atoms with Crippen molar-refractivity contribution in [2.24, 2.45) is 11.8 Å². The number of hydrogen-bond donors (Lipinski definition) is 0. The van der Waals surface area contributed by atoms with E-state index in [4.69, 9.17) is 0 Å². The highest BCUT2D eigenvalue weighted by atomic mass is 14.6. The lowest BCUT2D eigenvalue weighted by molar-refractivity contribution is 0.271. The van der Waals surface area contributed by atoms with Gasteiger partial charge in [-0.1, -0.05) is 43.5 Å². The second-order valence-electron chi connectivity index (χ2n) is 6.60. The van der Waals surface area contributed by atoms with Gasteiger partial charge < -0.3 is 0 Å². The first-order chi connectivity index (χ1) is 8.38. The molecule has 2 unspecified atom stereocenters. The van der Waals surface area contributed by atoms with Crippen LogP contribution in [0.15, 0.2) is 24.3 Å². The van der Waals surface area contributed by atoms with Crippen LogP contribution in [0.4, 0.5) is 0 Å². The molecule has 0 N–H and O–H groups in total. The van der Waals surface area contributed by atoms with Crippen LogP contribution in [0.1, 0.15) is 56.1 Å². The van der Waals surface area contributed by atoms with E-state index in [0.717, 1.165) is 11.8 Å². The smallest absolute Gasteiger partial charge is 0.00125 e. The van der Waals surface area contributed by atoms with Gasteiger partial charge in [0.25, 0.3) is 0 Å². The fraction of sp³-hybridized carbons (Fsp3) is 0.647. The van der Waals surface area contributed by atoms with E-state index in [2.05, 4.69) is 24.3 Å². The van der Waals surface area contributed by atoms with Gasteiger partial charge in [0, 0.05) is 0 Å². The van der Waals surface area contributed by atoms with E-state index in [9.17, 15) is 0 Å². The van der Waals surface area contributed by atoms with E-state index in [1.54, 1.807) is 11.1 Å². The molecule has 4 rings (SSSR count). The van der Waals surface area contributed by atoms with Crippen molar-refractivity contribution in [2.45, 2.75) is 56.8 Å². The first kappa shape index (κ1) is 10.2. The summed E-state index contributed by atoms with van der Waals surface area (Å²) in [7, 11) is 0. The minimum Gasteiger partial charge on any atom is -0.0620 e. The largest absolute Gasteiger partial charge is 0.0620 e. The van der Waals surface area contributed by atoms with Crippen LogP contribution in [0.25, 0.3) is 0 Å². The molecular formula is C17H22. The van der Waals surface area contributed by atoms with E-state index in [1.807, 2.05) is 0 Å². The molecule has 1 aromatic carbocycles. The van der Waals surface area contributed by atoms with Crippen LogP contribution in [0.5, 0.6) is 0 Å². The molecule has 2 saturated carbocycles. The van der Waals surface area contributed by atoms with Gasteiger partial charge >= 0.3 is 0 Å². The molecule has 17 heavy (non-hydrogen) atoms. The van der Waals surface area contributed by atoms with Gasteiger partial charge in [0.05, 0.1) is 0 Å². The predicted octanol–water partition coefficient (Wildman–Crippen LogP) is 4.47. The number of aryl methyl sites for hydroxylation is 1. The van der Waals surface area contributed by atoms with Crippen molar-refractivity contribution in [3.05, 3.63) is 35.4 Å². The van der Waals surface area contributed by atoms with Gasteiger partial charge in [0.2, 0.25) is 0 Å². The van der Waals surface area contributed by atoms with E-state index in [-0.39, 0.29) is 0 Å². The molecule has 3 aliphatic rings. The van der Waals surface area contributed by atoms with Crippen LogP contribution in [0, 0.1) is 11.8 Å². The first-order valence-corrected chi connectivity index (χ1v) is 7.47. The third kappa shape index (κ3) is 1.49. The van der Waals surface area contributed by atoms with Crippen LogP contribution in [0.2, 0.25) is 0 Å². The summed E-state index contributed by atoms with van der Waals surface area (Å²) in [6, 6.07) is 9.27. The van der Waals surface area contributed by atoms with Gasteiger partial charge in [0.1, 0.15) is 0 Å². The van der Waals surface area contributed by atoms with Gasteiger partial charge in [-0.25, -0.2) is 0 Å². The summed E-state index contributed by atoms with van der Waals surface area (Å²) < 4.78 is 0. The minimum absolute atomic E-state index is 0.643. The SMILES string of the molecule is c1ccc2c(c1)CCCC21CC1CC1CCC1. The molecule has 3 aliphatic carbocycles. The summed E-state index contributed by atoms with van der Waals surface area (Å²) in [5.74, 6) is 2.13. The molecule has 0 bridgehead atoms. The minimum atomic E-state index is 0.643. The Labute approximate surface area is 104 Å². The van der Waals surface area contributed by atoms with Crippen LogP contribution < -0.4 is 0 Å². The van der Waals surface area contributed by atoms with Crippen molar-refractivity contribution in [3.63, 3.8) is 0 Å². The quantitative estimate of drug-likeness (QED) is 0.698. The van der Waals surface area contributed by atoms with Gasteiger partial charge in [0.15, 0.2) is 0 Å². The van der Waals surface area contributed by atoms with Crippen molar-refractivity contribution in [3.8, 4) is 0 Å². The zero-order valence-corrected chi connectivity index (χ0v) is 10.6. The molecule has 1 aromatic rings. The van der Waals surface area contributed by atoms with E-state index < -0.39 is 0 Å². The number of benzene rings is 1. The summed E-state index contributed by atoms with van der Waals surface area (Å²) in [4.78, 5) is 0. The highest BCUT2D eigenvalue weighted by Crippen LogP contribution is 2.63. The zero-order valence-electron chi connectivity index (χ0n) is 10.6. The van der Waals surface area contributed by atoms with Crippen molar-refractivity contribution in [1.82, 2.24) is 0 Å². The topological polar surface area (TPSA) is 0 Å². The zero-order chi connectivity index (χ0) is 11.3. The van der Waals surface area contributed by atoms with Crippen molar-refractivity contribution >= 4 is 0 Å². The maximum Gasteiger partial charge on any atom is -0.00125 e. The lowest BCUT2D eigenvalue weighted by Crippen LogP contribution is -2.20. The summed E-state index contributed by atoms with van der Waals surface area (Å²) in [5, 5.41) is 0. The van der Waals surface area contributed by atoms with Gasteiger partial charge in [-0.2, -0.15) is 0 Å². The van der Waals surface area contributed by atoms with E-state index in [0.29, 0.717) is 5.41 Å². The third-order valence-electron chi connectivity index (χ3n) is 5.70. The van der Waals surface area contributed by atoms with Crippen LogP contribution in [0.3, 0.4) is 0 Å². The highest BCUT2D eigenvalue weighted by molar-refractivity contribution is 5.42. The molecule has 0 heterocycles. The molecule has 90 valence electrons. The molecule has 0 heteroatoms. The number of hydrogen-bond acceptors (Lipinski definition) is 0. The van der Waals surface area contributed by atoms with Crippen LogP contribution in [-0.4, -0.2) is 0 Å². The molecule has 0 amide bonds. The summed E-state index contributed by atoms with van der Waals surface area (Å²) in [6.45, 7) is 0. The second-order valence-corrected chi connectivity index (χ2v) is 6.60. The lowest BCUT2D eigenvalue weighted by atomic mass is 9.75. The summed E-state index contributed by atoms with van der Waals surface area (Å²) in [5.41, 5.74) is 4.04. The number of fused-ring (bicyclic) bond motifs is 2. The molecule has 0 radical (unpaired) electrons. The maximum absolute atomic E-state index is 2.43. The highest BCUT2D eigenvalue weighted by Gasteiger charge is 2.56. The average Bonchev–Trinajstić information content (AvgIpc) is 2.99. The molecule has 0 aromatic heterocycles. The Kier molecular flexibility index (Phi) is 2.16. The van der Waals surface area contributed by atoms with Crippen molar-refractivity contribution < 1.29 is 0 Å². The first-order valence-electron chi connectivity index (χ1n) is 7.47. The molecule has 1 spiro atoms. The maximum atomic E-state index is 2.43. The lowest BCUT2D eigenvalue weighted by Gasteiger charge is -2.30. The molecular weight excluding hydrogens is 204 g/mol. The Balaban J connectivity index is 1.59. The summed E-state index contributed by atoms with van der Waals surface area (Å²) in [6.07, 6.45) is 11.8. The van der Waals surface area contributed by atoms with E-state index >= 15 is 0 Å². The van der Waals surface area contributed by atoms with E-state index in [1.165, 1.54) is 51.4 Å². The van der Waals surface area contributed by atoms with Gasteiger partial charge in [-0.15, -0.1) is 0 Å². The average molecular weight is 226 g/mol. The predicted molar refractivity (Wildman–Crippen MR) is 71.1 cm³/mol. The van der Waals surface area contributed by atoms with Gasteiger partial charge in [-0.05, 0) is 60.5 Å². The Bertz CT molecular complexity index is 429. The fourth-order valence-electron chi connectivity index (χ4n) is 4.41. The van der Waals surface area contributed by atoms with Crippen LogP contribution >= 0.6 is 0 Å². The fourth-order valence-corrected chi connectivity index (χ4v) is 4.41. The van der Waals surface area contributed by atoms with Crippen LogP contribution in [-0.2, 0) is 11.8 Å². The summed E-state index contributed by atoms with van der Waals surface area (Å²) >= 11 is 0. The molecule has 2 fully saturated rings. The standard InChI is InChI=1S/C17H22/c1-2-9-16-14(7-1)8-4-10-17(16)12-15(17)11-13-5-3-6-13/h1-2,7,9,13,15H,3-6,8,10-12H2. The molecule has 2 atom stereocenters. The normalized spacial score (nSPS) is 35.4. The Morgan fingerprint density at radius 2 is 2.00 bits per heavy atom. The second kappa shape index (κ2) is 3.60. The van der Waals surface area contributed by atoms with Crippen molar-refractivity contribution in [1.29, 1.82) is 0 Å². The third-order valence-corrected chi connectivity index (χ3v) is 5.70. The number of rotatable bonds is 2. The molecule has 0 saturated heterocycles. The Morgan fingerprint density at radius 3 is 2.82 bits per heavy atom. The van der Waals surface area contributed by atoms with Gasteiger partial charge in [-0.3, -0.25) is 0 Å². The molecule has 0 aliphatic heterocycles. The monoisotopic (exact) mass is 226 g/mol. The Morgan fingerprint density at radius 1 is 1.12 bits per heavy atom.